The van der Waals surface area contributed by atoms with Gasteiger partial charge in [0.15, 0.2) is 0 Å². The van der Waals surface area contributed by atoms with Crippen molar-refractivity contribution in [3.63, 3.8) is 0 Å². The normalized spacial score (nSPS) is 9.93. The molecule has 0 saturated carbocycles. The van der Waals surface area contributed by atoms with Crippen molar-refractivity contribution in [2.75, 3.05) is 39.3 Å². The van der Waals surface area contributed by atoms with Gasteiger partial charge >= 0.3 is 23.9 Å². The number of hydrogen-bond acceptors (Lipinski definition) is 10. The van der Waals surface area contributed by atoms with Gasteiger partial charge in [-0.15, -0.1) is 0 Å². The van der Waals surface area contributed by atoms with Crippen molar-refractivity contribution < 1.29 is 82.4 Å². The van der Waals surface area contributed by atoms with Gasteiger partial charge in [-0.05, 0) is 0 Å². The van der Waals surface area contributed by atoms with E-state index in [-0.39, 0.29) is 32.6 Å². The van der Waals surface area contributed by atoms with Crippen LogP contribution in [0.2, 0.25) is 0 Å². The molecule has 0 amide bonds. The largest absolute Gasteiger partial charge is 0.726 e. The molecule has 0 aromatic carbocycles. The molecule has 0 heterocycles. The molecule has 0 rings (SSSR count). The van der Waals surface area contributed by atoms with Crippen LogP contribution in [0.15, 0.2) is 0 Å². The summed E-state index contributed by atoms with van der Waals surface area (Å²) < 4.78 is 32.8. The molecule has 0 aliphatic rings. The van der Waals surface area contributed by atoms with Crippen molar-refractivity contribution in [1.82, 2.24) is 9.80 Å². The van der Waals surface area contributed by atoms with Crippen molar-refractivity contribution in [1.29, 1.82) is 0 Å². The first kappa shape index (κ1) is 33.8. The van der Waals surface area contributed by atoms with Crippen LogP contribution in [-0.4, -0.2) is 111 Å². The number of quaternary nitrogens is 1. The maximum Gasteiger partial charge on any atom is 0.317 e. The Labute approximate surface area is 172 Å². The van der Waals surface area contributed by atoms with E-state index in [1.807, 2.05) is 0 Å². The topological polar surface area (TPSA) is 287 Å². The molecule has 0 fully saturated rings. The van der Waals surface area contributed by atoms with Crippen LogP contribution in [0.3, 0.4) is 0 Å². The van der Waals surface area contributed by atoms with Gasteiger partial charge in [0.25, 0.3) is 0 Å². The minimum Gasteiger partial charge on any atom is -0.726 e. The minimum atomic E-state index is -4.92. The summed E-state index contributed by atoms with van der Waals surface area (Å²) in [4.78, 5) is 44.4. The Morgan fingerprint density at radius 1 is 0.750 bits per heavy atom. The molecule has 16 nitrogen and oxygen atoms in total. The molecule has 168 valence electrons. The van der Waals surface area contributed by atoms with E-state index < -0.39 is 60.5 Å². The molecular formula is C10H22N4O12RuS. The van der Waals surface area contributed by atoms with Crippen LogP contribution in [0.25, 0.3) is 0 Å². The first-order valence-corrected chi connectivity index (χ1v) is 7.98. The number of rotatable bonds is 11. The quantitative estimate of drug-likeness (QED) is 0.0439. The average Bonchev–Trinajstić information content (AvgIpc) is 2.42. The Balaban J connectivity index is -0.000000310. The van der Waals surface area contributed by atoms with Crippen LogP contribution in [0, 0.1) is 0 Å². The molecule has 0 radical (unpaired) electrons. The van der Waals surface area contributed by atoms with Crippen LogP contribution >= 0.6 is 0 Å². The average molecular weight is 523 g/mol. The van der Waals surface area contributed by atoms with Crippen molar-refractivity contribution >= 4 is 34.3 Å². The summed E-state index contributed by atoms with van der Waals surface area (Å²) in [7, 11) is -4.92. The number of nitrogens with two attached hydrogens (primary N) is 1. The van der Waals surface area contributed by atoms with Gasteiger partial charge in [0, 0.05) is 32.6 Å². The van der Waals surface area contributed by atoms with Gasteiger partial charge in [0.2, 0.25) is 10.4 Å². The number of carbonyl (C=O) groups is 4. The molecule has 0 aromatic rings. The molecule has 0 saturated heterocycles. The Morgan fingerprint density at radius 2 is 0.893 bits per heavy atom. The van der Waals surface area contributed by atoms with Gasteiger partial charge in [-0.25, -0.2) is 8.42 Å². The fourth-order valence-corrected chi connectivity index (χ4v) is 1.48. The molecular weight excluding hydrogens is 501 g/mol. The van der Waals surface area contributed by atoms with Crippen molar-refractivity contribution in [3.8, 4) is 0 Å². The monoisotopic (exact) mass is 524 g/mol. The summed E-state index contributed by atoms with van der Waals surface area (Å²) in [6, 6.07) is 0. The minimum absolute atomic E-state index is 0. The fourth-order valence-electron chi connectivity index (χ4n) is 1.48. The van der Waals surface area contributed by atoms with E-state index in [0.29, 0.717) is 0 Å². The van der Waals surface area contributed by atoms with Gasteiger partial charge in [0.1, 0.15) is 0 Å². The molecule has 0 aliphatic carbocycles. The summed E-state index contributed by atoms with van der Waals surface area (Å²) in [5.74, 6) is 2.09. The smallest absolute Gasteiger partial charge is 0.317 e. The predicted octanol–water partition coefficient (Wildman–Crippen LogP) is -4.97. The first-order chi connectivity index (χ1) is 12.2. The molecule has 0 aromatic heterocycles. The zero-order valence-corrected chi connectivity index (χ0v) is 16.8. The van der Waals surface area contributed by atoms with E-state index in [1.165, 1.54) is 0 Å². The van der Waals surface area contributed by atoms with Gasteiger partial charge in [-0.2, -0.15) is 5.84 Å². The van der Waals surface area contributed by atoms with Gasteiger partial charge < -0.3 is 25.0 Å². The van der Waals surface area contributed by atoms with E-state index in [2.05, 4.69) is 11.7 Å². The molecule has 0 aliphatic heterocycles. The second-order valence-corrected chi connectivity index (χ2v) is 5.28. The molecule has 0 atom stereocenters. The van der Waals surface area contributed by atoms with E-state index in [9.17, 15) is 19.2 Å². The molecule has 18 heteroatoms. The maximum atomic E-state index is 10.6. The second kappa shape index (κ2) is 18.6. The predicted molar refractivity (Wildman–Crippen MR) is 82.8 cm³/mol. The van der Waals surface area contributed by atoms with Crippen LogP contribution in [0.4, 0.5) is 0 Å². The summed E-state index contributed by atoms with van der Waals surface area (Å²) >= 11 is 0. The SMILES string of the molecule is N[NH3+].O=C(O)CN(CCN(CC(=O)O)CC(=O)O)CC(=O)O.O=S(=O)([O-])O.[Ru]. The van der Waals surface area contributed by atoms with Gasteiger partial charge in [0.05, 0.1) is 26.2 Å². The summed E-state index contributed by atoms with van der Waals surface area (Å²) in [5, 5.41) is 34.5. The zero-order chi connectivity index (χ0) is 22.2. The standard InChI is InChI=1S/C10H16N2O8.H4N2.H2O4S.Ru/c13-7(14)3-11(4-8(15)16)1-2-12(5-9(17)18)6-10(19)20;1-2;1-5(2,3)4;/h1-6H2,(H,13,14)(H,15,16)(H,17,18)(H,19,20);1-2H2;(H2,1,2,3,4);. The van der Waals surface area contributed by atoms with Crippen LogP contribution < -0.4 is 11.7 Å². The van der Waals surface area contributed by atoms with Gasteiger partial charge in [-0.3, -0.25) is 39.4 Å². The van der Waals surface area contributed by atoms with E-state index >= 15 is 0 Å². The number of carboxylic acids is 4. The second-order valence-electron chi connectivity index (χ2n) is 4.42. The molecule has 10 N–H and O–H groups in total. The Bertz CT molecular complexity index is 511. The summed E-state index contributed by atoms with van der Waals surface area (Å²) in [6.07, 6.45) is 0. The van der Waals surface area contributed by atoms with Crippen molar-refractivity contribution in [2.24, 2.45) is 5.84 Å². The number of nitrogens with zero attached hydrogens (tertiary/aromatic N) is 2. The third-order valence-electron chi connectivity index (χ3n) is 2.17. The molecule has 0 unspecified atom stereocenters. The van der Waals surface area contributed by atoms with Gasteiger partial charge in [-0.1, -0.05) is 0 Å². The number of aliphatic carboxylic acids is 4. The third kappa shape index (κ3) is 35.3. The molecule has 0 bridgehead atoms. The fraction of sp³-hybridized carbons (Fsp3) is 0.600. The molecule has 0 spiro atoms. The third-order valence-corrected chi connectivity index (χ3v) is 2.17. The van der Waals surface area contributed by atoms with Crippen molar-refractivity contribution in [2.45, 2.75) is 0 Å². The maximum absolute atomic E-state index is 10.6. The van der Waals surface area contributed by atoms with E-state index in [1.54, 1.807) is 0 Å². The summed E-state index contributed by atoms with van der Waals surface area (Å²) in [5.41, 5.74) is 0. The zero-order valence-electron chi connectivity index (χ0n) is 14.3. The first-order valence-electron chi connectivity index (χ1n) is 6.61. The summed E-state index contributed by atoms with van der Waals surface area (Å²) in [6.45, 7) is -2.25. The van der Waals surface area contributed by atoms with Crippen molar-refractivity contribution in [3.05, 3.63) is 0 Å². The van der Waals surface area contributed by atoms with Crippen LogP contribution in [0.5, 0.6) is 0 Å². The Morgan fingerprint density at radius 3 is 1.00 bits per heavy atom. The van der Waals surface area contributed by atoms with E-state index in [4.69, 9.17) is 37.9 Å². The van der Waals surface area contributed by atoms with Crippen LogP contribution in [0.1, 0.15) is 0 Å². The molecule has 28 heavy (non-hydrogen) atoms. The van der Waals surface area contributed by atoms with Crippen LogP contribution in [-0.2, 0) is 49.1 Å². The Kier molecular flexibility index (Phi) is 22.4. The van der Waals surface area contributed by atoms with E-state index in [0.717, 1.165) is 9.80 Å². The number of hydrogen-bond donors (Lipinski definition) is 7. The number of carboxylic acid groups (broad SMARTS) is 4. The Hall–Kier alpha value is -1.79.